The molecule has 9 rings (SSSR count). The smallest absolute Gasteiger partial charge is 0.231 e. The molecule has 0 spiro atoms. The Morgan fingerprint density at radius 1 is 0.327 bits per heavy atom. The van der Waals surface area contributed by atoms with Crippen molar-refractivity contribution < 1.29 is 4.42 Å². The van der Waals surface area contributed by atoms with Crippen LogP contribution in [0.3, 0.4) is 0 Å². The highest BCUT2D eigenvalue weighted by atomic mass is 16.3. The van der Waals surface area contributed by atoms with Gasteiger partial charge in [-0.15, -0.1) is 0 Å². The summed E-state index contributed by atoms with van der Waals surface area (Å²) >= 11 is 0. The van der Waals surface area contributed by atoms with E-state index in [4.69, 9.17) is 14.4 Å². The summed E-state index contributed by atoms with van der Waals surface area (Å²) in [6.07, 6.45) is 0. The second-order valence-electron chi connectivity index (χ2n) is 12.2. The molecule has 3 heteroatoms. The molecule has 0 saturated heterocycles. The van der Waals surface area contributed by atoms with Crippen LogP contribution in [-0.4, -0.2) is 9.97 Å². The van der Waals surface area contributed by atoms with Crippen LogP contribution in [0.25, 0.3) is 89.2 Å². The molecule has 0 aliphatic carbocycles. The van der Waals surface area contributed by atoms with Crippen LogP contribution in [-0.2, 0) is 0 Å². The van der Waals surface area contributed by atoms with Gasteiger partial charge in [0.25, 0.3) is 0 Å². The molecule has 0 fully saturated rings. The number of rotatable bonds is 6. The van der Waals surface area contributed by atoms with Crippen molar-refractivity contribution >= 4 is 22.1 Å². The van der Waals surface area contributed by atoms with E-state index >= 15 is 0 Å². The van der Waals surface area contributed by atoms with Crippen LogP contribution in [0.1, 0.15) is 0 Å². The maximum Gasteiger partial charge on any atom is 0.231 e. The highest BCUT2D eigenvalue weighted by Gasteiger charge is 2.19. The number of nitrogens with zero attached hydrogens (tertiary/aromatic N) is 2. The average Bonchev–Trinajstić information content (AvgIpc) is 3.57. The first-order valence-electron chi connectivity index (χ1n) is 16.5. The fourth-order valence-corrected chi connectivity index (χ4v) is 6.67. The lowest BCUT2D eigenvalue weighted by Crippen LogP contribution is -1.95. The molecule has 7 aromatic carbocycles. The molecule has 49 heavy (non-hydrogen) atoms. The van der Waals surface area contributed by atoms with Crippen LogP contribution in [0.2, 0.25) is 0 Å². The maximum absolute atomic E-state index is 6.43. The quantitative estimate of drug-likeness (QED) is 0.184. The summed E-state index contributed by atoms with van der Waals surface area (Å²) in [5.74, 6) is 0.619. The predicted octanol–water partition coefficient (Wildman–Crippen LogP) is 12.4. The summed E-state index contributed by atoms with van der Waals surface area (Å²) in [4.78, 5) is 10.4. The van der Waals surface area contributed by atoms with Gasteiger partial charge >= 0.3 is 0 Å². The number of fused-ring (bicyclic) bond motifs is 3. The van der Waals surface area contributed by atoms with Gasteiger partial charge in [0.05, 0.1) is 11.1 Å². The monoisotopic (exact) mass is 626 g/mol. The Morgan fingerprint density at radius 2 is 0.755 bits per heavy atom. The zero-order valence-electron chi connectivity index (χ0n) is 26.6. The van der Waals surface area contributed by atoms with Gasteiger partial charge in [0, 0.05) is 16.5 Å². The number of aromatic nitrogens is 2. The van der Waals surface area contributed by atoms with Crippen molar-refractivity contribution in [2.45, 2.75) is 0 Å². The Morgan fingerprint density at radius 3 is 1.37 bits per heavy atom. The van der Waals surface area contributed by atoms with Gasteiger partial charge in [0.15, 0.2) is 5.82 Å². The van der Waals surface area contributed by atoms with Crippen LogP contribution >= 0.6 is 0 Å². The molecule has 0 saturated carbocycles. The minimum atomic E-state index is 0.573. The molecule has 3 nitrogen and oxygen atoms in total. The summed E-state index contributed by atoms with van der Waals surface area (Å²) in [5.41, 5.74) is 13.3. The van der Waals surface area contributed by atoms with Crippen molar-refractivity contribution in [1.82, 2.24) is 9.97 Å². The van der Waals surface area contributed by atoms with Gasteiger partial charge in [-0.3, -0.25) is 0 Å². The fourth-order valence-electron chi connectivity index (χ4n) is 6.67. The van der Waals surface area contributed by atoms with Crippen molar-refractivity contribution in [3.63, 3.8) is 0 Å². The minimum absolute atomic E-state index is 0.573. The van der Waals surface area contributed by atoms with Gasteiger partial charge in [-0.05, 0) is 80.9 Å². The van der Waals surface area contributed by atoms with E-state index < -0.39 is 0 Å². The molecule has 0 unspecified atom stereocenters. The van der Waals surface area contributed by atoms with E-state index in [9.17, 15) is 0 Å². The third-order valence-electron chi connectivity index (χ3n) is 9.08. The summed E-state index contributed by atoms with van der Waals surface area (Å²) in [6, 6.07) is 63.5. The van der Waals surface area contributed by atoms with Crippen LogP contribution in [0.15, 0.2) is 186 Å². The highest BCUT2D eigenvalue weighted by molar-refractivity contribution is 6.10. The molecule has 0 bridgehead atoms. The average molecular weight is 627 g/mol. The van der Waals surface area contributed by atoms with E-state index in [0.717, 1.165) is 66.6 Å². The van der Waals surface area contributed by atoms with Crippen molar-refractivity contribution in [2.75, 3.05) is 0 Å². The predicted molar refractivity (Wildman–Crippen MR) is 202 cm³/mol. The lowest BCUT2D eigenvalue weighted by molar-refractivity contribution is 0.653. The highest BCUT2D eigenvalue weighted by Crippen LogP contribution is 2.39. The first-order chi connectivity index (χ1) is 24.3. The topological polar surface area (TPSA) is 38.9 Å². The minimum Gasteiger partial charge on any atom is -0.438 e. The van der Waals surface area contributed by atoms with Crippen molar-refractivity contribution in [3.8, 4) is 67.2 Å². The molecule has 0 aliphatic heterocycles. The Balaban J connectivity index is 1.24. The number of hydrogen-bond donors (Lipinski definition) is 0. The van der Waals surface area contributed by atoms with Gasteiger partial charge in [0.2, 0.25) is 5.71 Å². The normalized spacial score (nSPS) is 11.3. The Labute approximate surface area is 284 Å². The first kappa shape index (κ1) is 28.6. The maximum atomic E-state index is 6.43. The molecule has 0 radical (unpaired) electrons. The summed E-state index contributed by atoms with van der Waals surface area (Å²) in [5, 5.41) is 1.91. The van der Waals surface area contributed by atoms with Crippen LogP contribution < -0.4 is 0 Å². The molecule has 0 atom stereocenters. The number of furan rings is 1. The largest absolute Gasteiger partial charge is 0.438 e. The van der Waals surface area contributed by atoms with Crippen molar-refractivity contribution in [3.05, 3.63) is 182 Å². The Bertz CT molecular complexity index is 2530. The van der Waals surface area contributed by atoms with Crippen LogP contribution in [0.5, 0.6) is 0 Å². The second-order valence-corrected chi connectivity index (χ2v) is 12.2. The van der Waals surface area contributed by atoms with Crippen LogP contribution in [0, 0.1) is 0 Å². The summed E-state index contributed by atoms with van der Waals surface area (Å²) < 4.78 is 6.43. The van der Waals surface area contributed by atoms with Crippen molar-refractivity contribution in [2.24, 2.45) is 0 Å². The zero-order valence-corrected chi connectivity index (χ0v) is 26.6. The summed E-state index contributed by atoms with van der Waals surface area (Å²) in [7, 11) is 0. The lowest BCUT2D eigenvalue weighted by Gasteiger charge is -2.12. The molecule has 2 aromatic heterocycles. The lowest BCUT2D eigenvalue weighted by atomic mass is 9.95. The van der Waals surface area contributed by atoms with E-state index in [1.165, 1.54) is 11.1 Å². The SMILES string of the molecule is c1ccc(-c2cccc(-c3cccc(-c4nc(-c5cc(-c6ccccc6)cc(-c6ccccc6)c5)nc5oc6ccccc6c45)c3)c2)cc1. The van der Waals surface area contributed by atoms with Gasteiger partial charge in [0.1, 0.15) is 5.58 Å². The molecular formula is C46H30N2O. The molecule has 0 N–H and O–H groups in total. The Kier molecular flexibility index (Phi) is 7.14. The van der Waals surface area contributed by atoms with E-state index in [1.807, 2.05) is 36.4 Å². The van der Waals surface area contributed by atoms with E-state index in [0.29, 0.717) is 11.5 Å². The fraction of sp³-hybridized carbons (Fsp3) is 0. The van der Waals surface area contributed by atoms with Gasteiger partial charge < -0.3 is 4.42 Å². The number of para-hydroxylation sites is 1. The third-order valence-corrected chi connectivity index (χ3v) is 9.08. The molecule has 0 aliphatic rings. The zero-order chi connectivity index (χ0) is 32.6. The number of benzene rings is 7. The van der Waals surface area contributed by atoms with Gasteiger partial charge in [-0.25, -0.2) is 4.98 Å². The number of hydrogen-bond acceptors (Lipinski definition) is 3. The van der Waals surface area contributed by atoms with Gasteiger partial charge in [-0.1, -0.05) is 146 Å². The van der Waals surface area contributed by atoms with Crippen LogP contribution in [0.4, 0.5) is 0 Å². The standard InChI is InChI=1S/C46H30N2O/c1-4-14-31(15-5-1)34-20-12-21-35(26-34)36-22-13-23-37(27-36)44-43-41-24-10-11-25-42(41)49-46(43)48-45(47-44)40-29-38(32-16-6-2-7-17-32)28-39(30-40)33-18-8-3-9-19-33/h1-30H. The molecule has 0 amide bonds. The van der Waals surface area contributed by atoms with E-state index in [2.05, 4.69) is 146 Å². The first-order valence-corrected chi connectivity index (χ1v) is 16.5. The molecular weight excluding hydrogens is 597 g/mol. The second kappa shape index (κ2) is 12.2. The van der Waals surface area contributed by atoms with E-state index in [-0.39, 0.29) is 0 Å². The molecule has 9 aromatic rings. The summed E-state index contributed by atoms with van der Waals surface area (Å²) in [6.45, 7) is 0. The third kappa shape index (κ3) is 5.48. The van der Waals surface area contributed by atoms with E-state index in [1.54, 1.807) is 0 Å². The Hall–Kier alpha value is -6.58. The molecule has 2 heterocycles. The van der Waals surface area contributed by atoms with Crippen molar-refractivity contribution in [1.29, 1.82) is 0 Å². The van der Waals surface area contributed by atoms with Gasteiger partial charge in [-0.2, -0.15) is 4.98 Å². The molecule has 230 valence electrons.